The summed E-state index contributed by atoms with van der Waals surface area (Å²) in [6, 6.07) is 23.3. The van der Waals surface area contributed by atoms with E-state index in [-0.39, 0.29) is 12.7 Å². The Labute approximate surface area is 167 Å². The topological polar surface area (TPSA) is 59.9 Å². The van der Waals surface area contributed by atoms with Gasteiger partial charge in [0.25, 0.3) is 5.91 Å². The van der Waals surface area contributed by atoms with E-state index in [1.807, 2.05) is 60.7 Å². The van der Waals surface area contributed by atoms with E-state index in [1.165, 1.54) is 4.90 Å². The summed E-state index contributed by atoms with van der Waals surface area (Å²) in [6.07, 6.45) is 1.57. The zero-order valence-corrected chi connectivity index (χ0v) is 15.8. The van der Waals surface area contributed by atoms with Crippen molar-refractivity contribution in [2.24, 2.45) is 5.10 Å². The maximum absolute atomic E-state index is 12.2. The molecule has 0 bridgehead atoms. The molecule has 140 valence electrons. The van der Waals surface area contributed by atoms with Crippen LogP contribution in [0, 0.1) is 0 Å². The molecule has 0 aromatic heterocycles. The van der Waals surface area contributed by atoms with Crippen LogP contribution in [0.15, 0.2) is 82.8 Å². The van der Waals surface area contributed by atoms with Gasteiger partial charge in [0.05, 0.1) is 6.21 Å². The number of thioether (sulfide) groups is 1. The fourth-order valence-electron chi connectivity index (χ4n) is 2.66. The Morgan fingerprint density at radius 1 is 1.00 bits per heavy atom. The van der Waals surface area contributed by atoms with Crippen LogP contribution in [0.2, 0.25) is 0 Å². The van der Waals surface area contributed by atoms with Crippen LogP contribution in [0.1, 0.15) is 21.5 Å². The predicted molar refractivity (Wildman–Crippen MR) is 110 cm³/mol. The number of amides is 1. The molecule has 4 rings (SSSR count). The van der Waals surface area contributed by atoms with Gasteiger partial charge in [-0.25, -0.2) is 5.43 Å². The van der Waals surface area contributed by atoms with Gasteiger partial charge in [0, 0.05) is 16.2 Å². The van der Waals surface area contributed by atoms with Crippen molar-refractivity contribution in [3.8, 4) is 11.5 Å². The van der Waals surface area contributed by atoms with Crippen molar-refractivity contribution in [3.05, 3.63) is 89.5 Å². The lowest BCUT2D eigenvalue weighted by atomic mass is 10.1. The number of carbonyl (C=O) groups excluding carboxylic acids is 1. The monoisotopic (exact) mass is 390 g/mol. The number of nitrogens with one attached hydrogen (secondary N) is 1. The lowest BCUT2D eigenvalue weighted by Gasteiger charge is -2.04. The van der Waals surface area contributed by atoms with Gasteiger partial charge in [-0.15, -0.1) is 11.8 Å². The third-order valence-electron chi connectivity index (χ3n) is 4.14. The van der Waals surface area contributed by atoms with E-state index >= 15 is 0 Å². The van der Waals surface area contributed by atoms with E-state index in [9.17, 15) is 4.79 Å². The van der Waals surface area contributed by atoms with Crippen molar-refractivity contribution in [2.75, 3.05) is 6.79 Å². The van der Waals surface area contributed by atoms with Gasteiger partial charge in [-0.05, 0) is 53.6 Å². The first-order chi connectivity index (χ1) is 13.8. The standard InChI is InChI=1S/C22H18N2O3S/c25-22(24-23-13-17-8-11-20-21(12-17)27-15-26-20)18-9-6-16(7-10-18)14-28-19-4-2-1-3-5-19/h1-13H,14-15H2,(H,24,25). The summed E-state index contributed by atoms with van der Waals surface area (Å²) in [7, 11) is 0. The fourth-order valence-corrected chi connectivity index (χ4v) is 3.53. The third kappa shape index (κ3) is 4.53. The lowest BCUT2D eigenvalue weighted by Crippen LogP contribution is -2.17. The van der Waals surface area contributed by atoms with Crippen LogP contribution >= 0.6 is 11.8 Å². The number of carbonyl (C=O) groups is 1. The molecule has 1 amide bonds. The molecule has 5 nitrogen and oxygen atoms in total. The van der Waals surface area contributed by atoms with Gasteiger partial charge in [0.1, 0.15) is 0 Å². The van der Waals surface area contributed by atoms with Crippen molar-refractivity contribution < 1.29 is 14.3 Å². The Morgan fingerprint density at radius 2 is 1.79 bits per heavy atom. The van der Waals surface area contributed by atoms with Crippen molar-refractivity contribution in [1.29, 1.82) is 0 Å². The largest absolute Gasteiger partial charge is 0.454 e. The molecule has 0 saturated heterocycles. The van der Waals surface area contributed by atoms with Crippen LogP contribution in [0.4, 0.5) is 0 Å². The zero-order valence-electron chi connectivity index (χ0n) is 15.0. The molecule has 0 saturated carbocycles. The van der Waals surface area contributed by atoms with Gasteiger partial charge in [0.2, 0.25) is 6.79 Å². The molecule has 1 heterocycles. The molecule has 1 N–H and O–H groups in total. The first kappa shape index (κ1) is 18.1. The van der Waals surface area contributed by atoms with Gasteiger partial charge in [-0.2, -0.15) is 5.10 Å². The van der Waals surface area contributed by atoms with Crippen molar-refractivity contribution in [2.45, 2.75) is 10.6 Å². The highest BCUT2D eigenvalue weighted by Crippen LogP contribution is 2.32. The Balaban J connectivity index is 1.31. The van der Waals surface area contributed by atoms with Gasteiger partial charge in [-0.3, -0.25) is 4.79 Å². The number of nitrogens with zero attached hydrogens (tertiary/aromatic N) is 1. The second-order valence-corrected chi connectivity index (χ2v) is 7.16. The minimum atomic E-state index is -0.251. The van der Waals surface area contributed by atoms with Gasteiger partial charge in [0.15, 0.2) is 11.5 Å². The van der Waals surface area contributed by atoms with Crippen molar-refractivity contribution in [3.63, 3.8) is 0 Å². The first-order valence-corrected chi connectivity index (χ1v) is 9.76. The molecule has 0 aliphatic carbocycles. The molecule has 1 aliphatic rings. The number of hydrogen-bond donors (Lipinski definition) is 1. The van der Waals surface area contributed by atoms with Crippen molar-refractivity contribution >= 4 is 23.9 Å². The van der Waals surface area contributed by atoms with E-state index in [2.05, 4.69) is 22.7 Å². The van der Waals surface area contributed by atoms with Crippen molar-refractivity contribution in [1.82, 2.24) is 5.43 Å². The Morgan fingerprint density at radius 3 is 2.61 bits per heavy atom. The van der Waals surface area contributed by atoms with Crippen LogP contribution < -0.4 is 14.9 Å². The zero-order chi connectivity index (χ0) is 19.2. The minimum Gasteiger partial charge on any atom is -0.454 e. The normalized spacial score (nSPS) is 12.3. The van der Waals surface area contributed by atoms with Gasteiger partial charge in [-0.1, -0.05) is 30.3 Å². The average molecular weight is 390 g/mol. The number of ether oxygens (including phenoxy) is 2. The third-order valence-corrected chi connectivity index (χ3v) is 5.22. The lowest BCUT2D eigenvalue weighted by molar-refractivity contribution is 0.0955. The second kappa shape index (κ2) is 8.63. The molecule has 3 aromatic rings. The summed E-state index contributed by atoms with van der Waals surface area (Å²) in [5, 5.41) is 4.02. The molecule has 0 radical (unpaired) electrons. The molecule has 0 unspecified atom stereocenters. The van der Waals surface area contributed by atoms with E-state index in [4.69, 9.17) is 9.47 Å². The molecule has 1 aliphatic heterocycles. The van der Waals surface area contributed by atoms with E-state index in [0.29, 0.717) is 17.1 Å². The first-order valence-electron chi connectivity index (χ1n) is 8.78. The van der Waals surface area contributed by atoms with Crippen LogP contribution in [-0.4, -0.2) is 18.9 Å². The summed E-state index contributed by atoms with van der Waals surface area (Å²) < 4.78 is 10.6. The van der Waals surface area contributed by atoms with Crippen LogP contribution in [-0.2, 0) is 5.75 Å². The number of rotatable bonds is 6. The van der Waals surface area contributed by atoms with E-state index in [1.54, 1.807) is 18.0 Å². The second-order valence-electron chi connectivity index (χ2n) is 6.11. The van der Waals surface area contributed by atoms with Crippen LogP contribution in [0.3, 0.4) is 0 Å². The summed E-state index contributed by atoms with van der Waals surface area (Å²) in [4.78, 5) is 13.5. The summed E-state index contributed by atoms with van der Waals surface area (Å²) in [5.41, 5.74) is 5.09. The minimum absolute atomic E-state index is 0.229. The summed E-state index contributed by atoms with van der Waals surface area (Å²) >= 11 is 1.76. The van der Waals surface area contributed by atoms with E-state index in [0.717, 1.165) is 16.9 Å². The van der Waals surface area contributed by atoms with E-state index < -0.39 is 0 Å². The Bertz CT molecular complexity index is 988. The molecule has 0 spiro atoms. The number of hydrazone groups is 1. The smallest absolute Gasteiger partial charge is 0.271 e. The Kier molecular flexibility index (Phi) is 5.58. The maximum atomic E-state index is 12.2. The van der Waals surface area contributed by atoms with Crippen LogP contribution in [0.25, 0.3) is 0 Å². The molecule has 3 aromatic carbocycles. The SMILES string of the molecule is O=C(NN=Cc1ccc2c(c1)OCO2)c1ccc(CSc2ccccc2)cc1. The number of hydrogen-bond acceptors (Lipinski definition) is 5. The molecule has 0 atom stereocenters. The maximum Gasteiger partial charge on any atom is 0.271 e. The molecular weight excluding hydrogens is 372 g/mol. The Hall–Kier alpha value is -3.25. The highest BCUT2D eigenvalue weighted by Gasteiger charge is 2.12. The quantitative estimate of drug-likeness (QED) is 0.383. The molecular formula is C22H18N2O3S. The summed E-state index contributed by atoms with van der Waals surface area (Å²) in [6.45, 7) is 0.229. The number of fused-ring (bicyclic) bond motifs is 1. The highest BCUT2D eigenvalue weighted by molar-refractivity contribution is 7.98. The molecule has 0 fully saturated rings. The molecule has 6 heteroatoms. The van der Waals surface area contributed by atoms with Crippen LogP contribution in [0.5, 0.6) is 11.5 Å². The highest BCUT2D eigenvalue weighted by atomic mass is 32.2. The van der Waals surface area contributed by atoms with Gasteiger partial charge < -0.3 is 9.47 Å². The molecule has 28 heavy (non-hydrogen) atoms. The fraction of sp³-hybridized carbons (Fsp3) is 0.0909. The predicted octanol–water partition coefficient (Wildman–Crippen LogP) is 4.47. The number of benzene rings is 3. The average Bonchev–Trinajstić information content (AvgIpc) is 3.21. The van der Waals surface area contributed by atoms with Gasteiger partial charge >= 0.3 is 0 Å². The summed E-state index contributed by atoms with van der Waals surface area (Å²) in [5.74, 6) is 2.00.